The summed E-state index contributed by atoms with van der Waals surface area (Å²) in [6.07, 6.45) is 0. The largest absolute Gasteiger partial charge is 0.292 e. The second-order valence-electron chi connectivity index (χ2n) is 4.08. The van der Waals surface area contributed by atoms with Crippen molar-refractivity contribution in [3.05, 3.63) is 47.0 Å². The zero-order valence-electron chi connectivity index (χ0n) is 9.28. The smallest absolute Gasteiger partial charge is 0.254 e. The van der Waals surface area contributed by atoms with Gasteiger partial charge in [-0.3, -0.25) is 14.9 Å². The number of rotatable bonds is 1. The predicted octanol–water partition coefficient (Wildman–Crippen LogP) is 1.76. The minimum Gasteiger partial charge on any atom is -0.292 e. The van der Waals surface area contributed by atoms with Gasteiger partial charge in [0.05, 0.1) is 5.92 Å². The Morgan fingerprint density at radius 3 is 2.31 bits per heavy atom. The molecule has 1 aromatic carbocycles. The Labute approximate surface area is 94.2 Å². The lowest BCUT2D eigenvalue weighted by Crippen LogP contribution is -2.21. The molecule has 2 rings (SSSR count). The van der Waals surface area contributed by atoms with Gasteiger partial charge in [-0.1, -0.05) is 35.9 Å². The molecule has 3 heteroatoms. The number of carbonyl (C=O) groups is 2. The van der Waals surface area contributed by atoms with Gasteiger partial charge >= 0.3 is 0 Å². The van der Waals surface area contributed by atoms with Gasteiger partial charge in [0.1, 0.15) is 0 Å². The minimum atomic E-state index is -0.446. The first-order chi connectivity index (χ1) is 7.61. The van der Waals surface area contributed by atoms with Gasteiger partial charge < -0.3 is 0 Å². The highest BCUT2D eigenvalue weighted by Crippen LogP contribution is 2.31. The highest BCUT2D eigenvalue weighted by Gasteiger charge is 2.37. The molecule has 82 valence electrons. The molecule has 1 aliphatic rings. The summed E-state index contributed by atoms with van der Waals surface area (Å²) in [5.74, 6) is -0.940. The molecule has 3 nitrogen and oxygen atoms in total. The summed E-state index contributed by atoms with van der Waals surface area (Å²) in [7, 11) is 0. The van der Waals surface area contributed by atoms with E-state index in [0.29, 0.717) is 5.57 Å². The Morgan fingerprint density at radius 2 is 1.75 bits per heavy atom. The van der Waals surface area contributed by atoms with Crippen LogP contribution in [0, 0.1) is 0 Å². The number of carbonyl (C=O) groups excluding carboxylic acids is 2. The van der Waals surface area contributed by atoms with Crippen molar-refractivity contribution >= 4 is 11.8 Å². The minimum absolute atomic E-state index is 0.229. The van der Waals surface area contributed by atoms with Gasteiger partial charge in [-0.05, 0) is 19.4 Å². The van der Waals surface area contributed by atoms with Crippen LogP contribution < -0.4 is 5.32 Å². The molecule has 2 amide bonds. The SMILES string of the molecule is CC(C)=C1C(=O)NC(=O)[C@@H]1c1ccccc1. The van der Waals surface area contributed by atoms with Crippen molar-refractivity contribution in [2.45, 2.75) is 19.8 Å². The third-order valence-corrected chi connectivity index (χ3v) is 2.70. The average Bonchev–Trinajstić information content (AvgIpc) is 2.55. The van der Waals surface area contributed by atoms with Crippen LogP contribution in [-0.2, 0) is 9.59 Å². The maximum Gasteiger partial charge on any atom is 0.254 e. The molecule has 1 heterocycles. The molecule has 16 heavy (non-hydrogen) atoms. The van der Waals surface area contributed by atoms with Crippen molar-refractivity contribution in [3.63, 3.8) is 0 Å². The topological polar surface area (TPSA) is 46.2 Å². The normalized spacial score (nSPS) is 19.9. The maximum absolute atomic E-state index is 11.7. The summed E-state index contributed by atoms with van der Waals surface area (Å²) in [5, 5.41) is 2.36. The van der Waals surface area contributed by atoms with Crippen LogP contribution in [-0.4, -0.2) is 11.8 Å². The van der Waals surface area contributed by atoms with Gasteiger partial charge in [0.25, 0.3) is 5.91 Å². The number of imide groups is 1. The number of hydrogen-bond acceptors (Lipinski definition) is 2. The first-order valence-electron chi connectivity index (χ1n) is 5.18. The number of allylic oxidation sites excluding steroid dienone is 1. The van der Waals surface area contributed by atoms with Gasteiger partial charge in [0.2, 0.25) is 5.91 Å². The van der Waals surface area contributed by atoms with Crippen LogP contribution in [0.15, 0.2) is 41.5 Å². The van der Waals surface area contributed by atoms with Gasteiger partial charge in [0.15, 0.2) is 0 Å². The van der Waals surface area contributed by atoms with Gasteiger partial charge in [-0.2, -0.15) is 0 Å². The number of amides is 2. The fourth-order valence-corrected chi connectivity index (χ4v) is 1.99. The molecule has 1 fully saturated rings. The van der Waals surface area contributed by atoms with E-state index in [-0.39, 0.29) is 11.8 Å². The third kappa shape index (κ3) is 1.65. The summed E-state index contributed by atoms with van der Waals surface area (Å²) in [5.41, 5.74) is 2.33. The van der Waals surface area contributed by atoms with E-state index in [0.717, 1.165) is 11.1 Å². The molecule has 1 N–H and O–H groups in total. The van der Waals surface area contributed by atoms with Crippen LogP contribution in [0.1, 0.15) is 25.3 Å². The number of benzene rings is 1. The zero-order valence-corrected chi connectivity index (χ0v) is 9.28. The summed E-state index contributed by atoms with van der Waals surface area (Å²) in [6.45, 7) is 3.70. The molecule has 1 atom stereocenters. The van der Waals surface area contributed by atoms with Crippen molar-refractivity contribution in [1.29, 1.82) is 0 Å². The summed E-state index contributed by atoms with van der Waals surface area (Å²) < 4.78 is 0. The van der Waals surface area contributed by atoms with Crippen LogP contribution in [0.4, 0.5) is 0 Å². The molecule has 1 aliphatic heterocycles. The van der Waals surface area contributed by atoms with Gasteiger partial charge in [-0.25, -0.2) is 0 Å². The first kappa shape index (κ1) is 10.6. The van der Waals surface area contributed by atoms with Crippen LogP contribution >= 0.6 is 0 Å². The Balaban J connectivity index is 2.52. The van der Waals surface area contributed by atoms with Crippen molar-refractivity contribution in [2.75, 3.05) is 0 Å². The number of hydrogen-bond donors (Lipinski definition) is 1. The highest BCUT2D eigenvalue weighted by atomic mass is 16.2. The molecular formula is C13H13NO2. The molecule has 0 aromatic heterocycles. The van der Waals surface area contributed by atoms with Crippen LogP contribution in [0.2, 0.25) is 0 Å². The number of nitrogens with one attached hydrogen (secondary N) is 1. The van der Waals surface area contributed by atoms with Crippen LogP contribution in [0.3, 0.4) is 0 Å². The lowest BCUT2D eigenvalue weighted by Gasteiger charge is -2.09. The fourth-order valence-electron chi connectivity index (χ4n) is 1.99. The third-order valence-electron chi connectivity index (χ3n) is 2.70. The van der Waals surface area contributed by atoms with E-state index in [4.69, 9.17) is 0 Å². The molecule has 0 saturated carbocycles. The fraction of sp³-hybridized carbons (Fsp3) is 0.231. The zero-order chi connectivity index (χ0) is 11.7. The monoisotopic (exact) mass is 215 g/mol. The molecule has 0 aliphatic carbocycles. The lowest BCUT2D eigenvalue weighted by molar-refractivity contribution is -0.124. The molecular weight excluding hydrogens is 202 g/mol. The Hall–Kier alpha value is -1.90. The predicted molar refractivity (Wildman–Crippen MR) is 60.7 cm³/mol. The lowest BCUT2D eigenvalue weighted by atomic mass is 9.90. The molecule has 0 bridgehead atoms. The molecule has 0 radical (unpaired) electrons. The van der Waals surface area contributed by atoms with E-state index in [1.807, 2.05) is 44.2 Å². The average molecular weight is 215 g/mol. The van der Waals surface area contributed by atoms with Gasteiger partial charge in [0, 0.05) is 5.57 Å². The highest BCUT2D eigenvalue weighted by molar-refractivity contribution is 6.17. The maximum atomic E-state index is 11.7. The summed E-state index contributed by atoms with van der Waals surface area (Å²) >= 11 is 0. The van der Waals surface area contributed by atoms with Crippen molar-refractivity contribution in [3.8, 4) is 0 Å². The van der Waals surface area contributed by atoms with E-state index < -0.39 is 5.92 Å². The molecule has 0 spiro atoms. The van der Waals surface area contributed by atoms with E-state index in [1.165, 1.54) is 0 Å². The van der Waals surface area contributed by atoms with Crippen LogP contribution in [0.25, 0.3) is 0 Å². The summed E-state index contributed by atoms with van der Waals surface area (Å²) in [4.78, 5) is 23.4. The van der Waals surface area contributed by atoms with E-state index in [9.17, 15) is 9.59 Å². The van der Waals surface area contributed by atoms with E-state index in [1.54, 1.807) is 0 Å². The molecule has 1 aromatic rings. The Kier molecular flexibility index (Phi) is 2.60. The first-order valence-corrected chi connectivity index (χ1v) is 5.18. The van der Waals surface area contributed by atoms with Crippen molar-refractivity contribution in [1.82, 2.24) is 5.32 Å². The van der Waals surface area contributed by atoms with Crippen molar-refractivity contribution < 1.29 is 9.59 Å². The molecule has 1 saturated heterocycles. The van der Waals surface area contributed by atoms with E-state index >= 15 is 0 Å². The van der Waals surface area contributed by atoms with E-state index in [2.05, 4.69) is 5.32 Å². The Bertz CT molecular complexity index is 470. The van der Waals surface area contributed by atoms with Crippen LogP contribution in [0.5, 0.6) is 0 Å². The van der Waals surface area contributed by atoms with Crippen molar-refractivity contribution in [2.24, 2.45) is 0 Å². The molecule has 0 unspecified atom stereocenters. The Morgan fingerprint density at radius 1 is 1.12 bits per heavy atom. The summed E-state index contributed by atoms with van der Waals surface area (Å²) in [6, 6.07) is 9.36. The second-order valence-corrected chi connectivity index (χ2v) is 4.08. The standard InChI is InChI=1S/C13H13NO2/c1-8(2)10-11(13(16)14-12(10)15)9-6-4-3-5-7-9/h3-7,11H,1-2H3,(H,14,15,16)/t11-/m1/s1. The van der Waals surface area contributed by atoms with Gasteiger partial charge in [-0.15, -0.1) is 0 Å². The second kappa shape index (κ2) is 3.93. The quantitative estimate of drug-likeness (QED) is 0.573.